The number of rotatable bonds is 1. The van der Waals surface area contributed by atoms with Crippen molar-refractivity contribution < 1.29 is 0 Å². The van der Waals surface area contributed by atoms with Gasteiger partial charge >= 0.3 is 0 Å². The fourth-order valence-corrected chi connectivity index (χ4v) is 1.24. The summed E-state index contributed by atoms with van der Waals surface area (Å²) in [6.45, 7) is 0. The normalized spacial score (nSPS) is 10.2. The van der Waals surface area contributed by atoms with Crippen molar-refractivity contribution in [3.63, 3.8) is 0 Å². The first-order valence-corrected chi connectivity index (χ1v) is 3.80. The minimum Gasteiger partial charge on any atom is -0.375 e. The van der Waals surface area contributed by atoms with Gasteiger partial charge in [-0.05, 0) is 0 Å². The minimum absolute atomic E-state index is 0.538. The largest absolute Gasteiger partial charge is 0.375 e. The van der Waals surface area contributed by atoms with Gasteiger partial charge in [0.2, 0.25) is 0 Å². The zero-order valence-electron chi connectivity index (χ0n) is 5.51. The molecule has 2 aromatic rings. The van der Waals surface area contributed by atoms with Gasteiger partial charge in [0.1, 0.15) is 12.7 Å². The number of hydrogen-bond donors (Lipinski definition) is 1. The summed E-state index contributed by atoms with van der Waals surface area (Å²) in [5.74, 6) is 0.713. The Morgan fingerprint density at radius 2 is 2.45 bits per heavy atom. The summed E-state index contributed by atoms with van der Waals surface area (Å²) in [7, 11) is 0. The Kier molecular flexibility index (Phi) is 1.32. The maximum atomic E-state index is 5.43. The summed E-state index contributed by atoms with van der Waals surface area (Å²) in [4.78, 5) is 7.79. The van der Waals surface area contributed by atoms with Crippen LogP contribution in [0.4, 0.5) is 5.13 Å². The number of hydrogen-bond acceptors (Lipinski definition) is 5. The molecule has 0 fully saturated rings. The van der Waals surface area contributed by atoms with Crippen LogP contribution in [0.15, 0.2) is 18.0 Å². The third-order valence-electron chi connectivity index (χ3n) is 1.16. The molecule has 0 aliphatic heterocycles. The van der Waals surface area contributed by atoms with Crippen LogP contribution in [0.5, 0.6) is 0 Å². The molecular formula is C5H5N5S. The van der Waals surface area contributed by atoms with E-state index in [1.54, 1.807) is 11.0 Å². The number of aromatic nitrogens is 4. The van der Waals surface area contributed by atoms with Crippen molar-refractivity contribution in [3.05, 3.63) is 18.0 Å². The molecule has 6 heteroatoms. The van der Waals surface area contributed by atoms with E-state index in [-0.39, 0.29) is 0 Å². The van der Waals surface area contributed by atoms with Gasteiger partial charge in [0.05, 0.1) is 0 Å². The van der Waals surface area contributed by atoms with Crippen molar-refractivity contribution in [2.24, 2.45) is 0 Å². The quantitative estimate of drug-likeness (QED) is 0.663. The lowest BCUT2D eigenvalue weighted by molar-refractivity contribution is 0.854. The molecule has 0 aliphatic carbocycles. The van der Waals surface area contributed by atoms with Crippen molar-refractivity contribution >= 4 is 16.5 Å². The molecule has 0 radical (unpaired) electrons. The van der Waals surface area contributed by atoms with Gasteiger partial charge in [-0.15, -0.1) is 11.3 Å². The summed E-state index contributed by atoms with van der Waals surface area (Å²) in [5, 5.41) is 6.25. The molecule has 0 atom stereocenters. The van der Waals surface area contributed by atoms with Crippen molar-refractivity contribution in [1.29, 1.82) is 0 Å². The standard InChI is InChI=1S/C5H5N5S/c6-5-9-4(1-11-5)10-3-7-2-8-10/h1-3H,(H2,6,9). The van der Waals surface area contributed by atoms with E-state index in [2.05, 4.69) is 15.1 Å². The highest BCUT2D eigenvalue weighted by molar-refractivity contribution is 7.13. The second kappa shape index (κ2) is 2.31. The van der Waals surface area contributed by atoms with Gasteiger partial charge in [-0.25, -0.2) is 14.6 Å². The Bertz CT molecular complexity index is 337. The summed E-state index contributed by atoms with van der Waals surface area (Å²) >= 11 is 1.38. The Balaban J connectivity index is 2.45. The molecule has 2 rings (SSSR count). The number of thiazole rings is 1. The molecule has 0 saturated heterocycles. The van der Waals surface area contributed by atoms with E-state index in [0.29, 0.717) is 10.9 Å². The van der Waals surface area contributed by atoms with Gasteiger partial charge in [-0.1, -0.05) is 0 Å². The van der Waals surface area contributed by atoms with E-state index < -0.39 is 0 Å². The second-order valence-electron chi connectivity index (χ2n) is 1.88. The number of nitrogens with two attached hydrogens (primary N) is 1. The van der Waals surface area contributed by atoms with Gasteiger partial charge in [-0.3, -0.25) is 0 Å². The average Bonchev–Trinajstić information content (AvgIpc) is 2.55. The zero-order chi connectivity index (χ0) is 7.68. The molecule has 2 N–H and O–H groups in total. The summed E-state index contributed by atoms with van der Waals surface area (Å²) in [6, 6.07) is 0. The van der Waals surface area contributed by atoms with E-state index >= 15 is 0 Å². The van der Waals surface area contributed by atoms with Crippen LogP contribution in [-0.2, 0) is 0 Å². The summed E-state index contributed by atoms with van der Waals surface area (Å²) in [6.07, 6.45) is 3.03. The molecule has 11 heavy (non-hydrogen) atoms. The third-order valence-corrected chi connectivity index (χ3v) is 1.82. The highest BCUT2D eigenvalue weighted by atomic mass is 32.1. The summed E-state index contributed by atoms with van der Waals surface area (Å²) in [5.41, 5.74) is 5.43. The number of anilines is 1. The van der Waals surface area contributed by atoms with E-state index in [4.69, 9.17) is 5.73 Å². The number of nitrogen functional groups attached to an aromatic ring is 1. The predicted octanol–water partition coefficient (Wildman–Crippen LogP) is 0.306. The van der Waals surface area contributed by atoms with Crippen molar-refractivity contribution in [2.45, 2.75) is 0 Å². The molecule has 0 aliphatic rings. The zero-order valence-corrected chi connectivity index (χ0v) is 6.32. The molecule has 5 nitrogen and oxygen atoms in total. The van der Waals surface area contributed by atoms with Crippen LogP contribution in [0, 0.1) is 0 Å². The van der Waals surface area contributed by atoms with Crippen LogP contribution in [0.2, 0.25) is 0 Å². The van der Waals surface area contributed by atoms with Gasteiger partial charge in [-0.2, -0.15) is 5.10 Å². The molecule has 0 unspecified atom stereocenters. The first-order valence-electron chi connectivity index (χ1n) is 2.92. The molecule has 2 heterocycles. The van der Waals surface area contributed by atoms with Crippen LogP contribution in [0.1, 0.15) is 0 Å². The fraction of sp³-hybridized carbons (Fsp3) is 0. The Morgan fingerprint density at radius 3 is 3.00 bits per heavy atom. The molecular weight excluding hydrogens is 162 g/mol. The molecule has 2 aromatic heterocycles. The Hall–Kier alpha value is -1.43. The highest BCUT2D eigenvalue weighted by Crippen LogP contribution is 2.13. The van der Waals surface area contributed by atoms with Gasteiger partial charge in [0.15, 0.2) is 10.9 Å². The lowest BCUT2D eigenvalue weighted by Crippen LogP contribution is -1.94. The maximum Gasteiger partial charge on any atom is 0.182 e. The van der Waals surface area contributed by atoms with Crippen LogP contribution in [0.3, 0.4) is 0 Å². The van der Waals surface area contributed by atoms with E-state index in [1.165, 1.54) is 17.7 Å². The maximum absolute atomic E-state index is 5.43. The lowest BCUT2D eigenvalue weighted by Gasteiger charge is -1.89. The Morgan fingerprint density at radius 1 is 1.55 bits per heavy atom. The van der Waals surface area contributed by atoms with Crippen LogP contribution >= 0.6 is 11.3 Å². The molecule has 0 amide bonds. The third kappa shape index (κ3) is 1.07. The Labute approximate surface area is 66.5 Å². The average molecular weight is 167 g/mol. The van der Waals surface area contributed by atoms with Crippen molar-refractivity contribution in [1.82, 2.24) is 19.7 Å². The monoisotopic (exact) mass is 167 g/mol. The van der Waals surface area contributed by atoms with Crippen LogP contribution < -0.4 is 5.73 Å². The number of nitrogens with zero attached hydrogens (tertiary/aromatic N) is 4. The van der Waals surface area contributed by atoms with Crippen molar-refractivity contribution in [2.75, 3.05) is 5.73 Å². The summed E-state index contributed by atoms with van der Waals surface area (Å²) < 4.78 is 1.56. The van der Waals surface area contributed by atoms with Crippen LogP contribution in [-0.4, -0.2) is 19.7 Å². The SMILES string of the molecule is Nc1nc(-n2cncn2)cs1. The molecule has 0 aromatic carbocycles. The van der Waals surface area contributed by atoms with Gasteiger partial charge in [0.25, 0.3) is 0 Å². The van der Waals surface area contributed by atoms with E-state index in [9.17, 15) is 0 Å². The highest BCUT2D eigenvalue weighted by Gasteiger charge is 1.99. The lowest BCUT2D eigenvalue weighted by atomic mass is 10.8. The van der Waals surface area contributed by atoms with Crippen LogP contribution in [0.25, 0.3) is 5.82 Å². The topological polar surface area (TPSA) is 69.6 Å². The predicted molar refractivity (Wildman–Crippen MR) is 41.4 cm³/mol. The minimum atomic E-state index is 0.538. The first kappa shape index (κ1) is 6.29. The smallest absolute Gasteiger partial charge is 0.182 e. The molecule has 56 valence electrons. The van der Waals surface area contributed by atoms with E-state index in [1.807, 2.05) is 5.38 Å². The molecule has 0 bridgehead atoms. The second-order valence-corrected chi connectivity index (χ2v) is 2.77. The fourth-order valence-electron chi connectivity index (χ4n) is 0.710. The van der Waals surface area contributed by atoms with Gasteiger partial charge in [0, 0.05) is 5.38 Å². The molecule has 0 saturated carbocycles. The van der Waals surface area contributed by atoms with E-state index in [0.717, 1.165) is 0 Å². The van der Waals surface area contributed by atoms with Gasteiger partial charge < -0.3 is 5.73 Å². The van der Waals surface area contributed by atoms with Crippen molar-refractivity contribution in [3.8, 4) is 5.82 Å². The molecule has 0 spiro atoms. The first-order chi connectivity index (χ1) is 5.36.